The Balaban J connectivity index is 1.68. The summed E-state index contributed by atoms with van der Waals surface area (Å²) in [6.07, 6.45) is 3.46. The molecule has 2 saturated carbocycles. The molecule has 4 rings (SSSR count). The topological polar surface area (TPSA) is 59.3 Å². The van der Waals surface area contributed by atoms with Crippen LogP contribution in [0.4, 0.5) is 8.78 Å². The van der Waals surface area contributed by atoms with Crippen LogP contribution in [-0.4, -0.2) is 26.5 Å². The molecule has 1 amide bonds. The highest BCUT2D eigenvalue weighted by Gasteiger charge is 2.28. The van der Waals surface area contributed by atoms with Gasteiger partial charge in [0.05, 0.1) is 0 Å². The number of amides is 1. The van der Waals surface area contributed by atoms with Gasteiger partial charge >= 0.3 is 0 Å². The molecule has 0 radical (unpaired) electrons. The molecule has 23 heavy (non-hydrogen) atoms. The molecule has 5 nitrogen and oxygen atoms in total. The van der Waals surface area contributed by atoms with E-state index < -0.39 is 6.43 Å². The van der Waals surface area contributed by atoms with Gasteiger partial charge in [0.2, 0.25) is 0 Å². The second kappa shape index (κ2) is 5.54. The van der Waals surface area contributed by atoms with E-state index in [1.807, 2.05) is 0 Å². The molecule has 2 fully saturated rings. The Morgan fingerprint density at radius 1 is 1.22 bits per heavy atom. The molecular formula is C16H18F2N4O. The van der Waals surface area contributed by atoms with Crippen molar-refractivity contribution in [3.8, 4) is 0 Å². The summed E-state index contributed by atoms with van der Waals surface area (Å²) < 4.78 is 27.7. The fourth-order valence-electron chi connectivity index (χ4n) is 3.20. The van der Waals surface area contributed by atoms with Gasteiger partial charge in [-0.1, -0.05) is 12.8 Å². The Labute approximate surface area is 132 Å². The number of nitrogens with one attached hydrogen (secondary N) is 1. The minimum Gasteiger partial charge on any atom is -0.348 e. The fraction of sp³-hybridized carbons (Fsp3) is 0.562. The molecule has 7 heteroatoms. The van der Waals surface area contributed by atoms with Crippen LogP contribution in [-0.2, 0) is 0 Å². The number of carbonyl (C=O) groups excluding carboxylic acids is 1. The van der Waals surface area contributed by atoms with Crippen LogP contribution in [0.2, 0.25) is 0 Å². The van der Waals surface area contributed by atoms with Crippen molar-refractivity contribution in [2.45, 2.75) is 56.9 Å². The zero-order chi connectivity index (χ0) is 16.0. The fourth-order valence-corrected chi connectivity index (χ4v) is 3.20. The number of aromatic nitrogens is 3. The Hall–Kier alpha value is -2.05. The summed E-state index contributed by atoms with van der Waals surface area (Å²) in [5.41, 5.74) is 0.952. The van der Waals surface area contributed by atoms with E-state index in [-0.39, 0.29) is 29.3 Å². The van der Waals surface area contributed by atoms with E-state index in [0.717, 1.165) is 43.0 Å². The molecule has 0 aromatic carbocycles. The normalized spacial score (nSPS) is 18.9. The van der Waals surface area contributed by atoms with Crippen molar-refractivity contribution in [3.05, 3.63) is 29.2 Å². The zero-order valence-electron chi connectivity index (χ0n) is 12.6. The van der Waals surface area contributed by atoms with Gasteiger partial charge in [-0.15, -0.1) is 0 Å². The molecule has 122 valence electrons. The van der Waals surface area contributed by atoms with E-state index in [0.29, 0.717) is 11.3 Å². The zero-order valence-corrected chi connectivity index (χ0v) is 12.6. The van der Waals surface area contributed by atoms with Crippen molar-refractivity contribution in [2.24, 2.45) is 0 Å². The number of nitrogens with zero attached hydrogens (tertiary/aromatic N) is 3. The molecule has 2 aromatic heterocycles. The van der Waals surface area contributed by atoms with Crippen LogP contribution in [0.5, 0.6) is 0 Å². The van der Waals surface area contributed by atoms with Crippen LogP contribution in [0.25, 0.3) is 5.65 Å². The van der Waals surface area contributed by atoms with Gasteiger partial charge in [0.15, 0.2) is 11.3 Å². The first-order valence-corrected chi connectivity index (χ1v) is 8.11. The van der Waals surface area contributed by atoms with E-state index in [1.54, 1.807) is 0 Å². The van der Waals surface area contributed by atoms with E-state index in [2.05, 4.69) is 15.4 Å². The SMILES string of the molecule is O=C(NC1CCCC1)c1cc2nc(C3CC3)cc(C(F)F)n2n1. The molecule has 2 aliphatic rings. The molecule has 0 saturated heterocycles. The lowest BCUT2D eigenvalue weighted by molar-refractivity contribution is 0.0931. The summed E-state index contributed by atoms with van der Waals surface area (Å²) in [4.78, 5) is 16.7. The van der Waals surface area contributed by atoms with Gasteiger partial charge in [0.25, 0.3) is 12.3 Å². The average molecular weight is 320 g/mol. The molecule has 2 aliphatic carbocycles. The molecule has 1 N–H and O–H groups in total. The average Bonchev–Trinajstić information content (AvgIpc) is 3.07. The summed E-state index contributed by atoms with van der Waals surface area (Å²) in [7, 11) is 0. The smallest absolute Gasteiger partial charge is 0.280 e. The van der Waals surface area contributed by atoms with Crippen LogP contribution < -0.4 is 5.32 Å². The second-order valence-electron chi connectivity index (χ2n) is 6.44. The minimum absolute atomic E-state index is 0.152. The van der Waals surface area contributed by atoms with E-state index in [9.17, 15) is 13.6 Å². The summed E-state index contributed by atoms with van der Waals surface area (Å²) in [5, 5.41) is 6.98. The molecule has 0 aliphatic heterocycles. The maximum absolute atomic E-state index is 13.3. The lowest BCUT2D eigenvalue weighted by atomic mass is 10.2. The number of alkyl halides is 2. The van der Waals surface area contributed by atoms with Crippen LogP contribution in [0.1, 0.15) is 72.7 Å². The van der Waals surface area contributed by atoms with Crippen molar-refractivity contribution in [3.63, 3.8) is 0 Å². The first-order chi connectivity index (χ1) is 11.1. The standard InChI is InChI=1S/C16H18F2N4O/c17-15(18)13-7-11(9-5-6-9)20-14-8-12(21-22(13)14)16(23)19-10-3-1-2-4-10/h7-10,15H,1-6H2,(H,19,23). The Kier molecular flexibility index (Phi) is 3.50. The first kappa shape index (κ1) is 14.5. The third-order valence-corrected chi connectivity index (χ3v) is 4.62. The van der Waals surface area contributed by atoms with Crippen molar-refractivity contribution >= 4 is 11.6 Å². The van der Waals surface area contributed by atoms with Crippen LogP contribution in [0, 0.1) is 0 Å². The van der Waals surface area contributed by atoms with Gasteiger partial charge in [-0.3, -0.25) is 4.79 Å². The minimum atomic E-state index is -2.65. The summed E-state index contributed by atoms with van der Waals surface area (Å²) in [6, 6.07) is 3.08. The van der Waals surface area contributed by atoms with Crippen LogP contribution >= 0.6 is 0 Å². The van der Waals surface area contributed by atoms with Crippen molar-refractivity contribution in [1.29, 1.82) is 0 Å². The predicted octanol–water partition coefficient (Wildman–Crippen LogP) is 3.22. The van der Waals surface area contributed by atoms with Crippen molar-refractivity contribution < 1.29 is 13.6 Å². The van der Waals surface area contributed by atoms with Gasteiger partial charge in [0, 0.05) is 23.7 Å². The highest BCUT2D eigenvalue weighted by atomic mass is 19.3. The third-order valence-electron chi connectivity index (χ3n) is 4.62. The number of halogens is 2. The van der Waals surface area contributed by atoms with Crippen molar-refractivity contribution in [1.82, 2.24) is 19.9 Å². The number of rotatable bonds is 4. The molecule has 0 atom stereocenters. The molecule has 2 aromatic rings. The molecule has 0 spiro atoms. The Morgan fingerprint density at radius 3 is 2.61 bits per heavy atom. The number of carbonyl (C=O) groups is 1. The highest BCUT2D eigenvalue weighted by Crippen LogP contribution is 2.40. The maximum Gasteiger partial charge on any atom is 0.280 e. The molecular weight excluding hydrogens is 302 g/mol. The predicted molar refractivity (Wildman–Crippen MR) is 79.6 cm³/mol. The van der Waals surface area contributed by atoms with Gasteiger partial charge in [-0.25, -0.2) is 18.3 Å². The second-order valence-corrected chi connectivity index (χ2v) is 6.44. The first-order valence-electron chi connectivity index (χ1n) is 8.11. The van der Waals surface area contributed by atoms with Gasteiger partial charge in [-0.05, 0) is 31.7 Å². The van der Waals surface area contributed by atoms with E-state index in [4.69, 9.17) is 0 Å². The lowest BCUT2D eigenvalue weighted by Crippen LogP contribution is -2.32. The van der Waals surface area contributed by atoms with E-state index >= 15 is 0 Å². The number of hydrogen-bond acceptors (Lipinski definition) is 3. The largest absolute Gasteiger partial charge is 0.348 e. The maximum atomic E-state index is 13.3. The van der Waals surface area contributed by atoms with Gasteiger partial charge in [0.1, 0.15) is 5.69 Å². The van der Waals surface area contributed by atoms with E-state index in [1.165, 1.54) is 12.1 Å². The molecule has 0 unspecified atom stereocenters. The van der Waals surface area contributed by atoms with Crippen LogP contribution in [0.3, 0.4) is 0 Å². The number of hydrogen-bond donors (Lipinski definition) is 1. The quantitative estimate of drug-likeness (QED) is 0.941. The monoisotopic (exact) mass is 320 g/mol. The highest BCUT2D eigenvalue weighted by molar-refractivity contribution is 5.93. The van der Waals surface area contributed by atoms with Gasteiger partial charge < -0.3 is 5.32 Å². The van der Waals surface area contributed by atoms with Crippen molar-refractivity contribution in [2.75, 3.05) is 0 Å². The number of fused-ring (bicyclic) bond motifs is 1. The van der Waals surface area contributed by atoms with Crippen LogP contribution in [0.15, 0.2) is 12.1 Å². The Bertz CT molecular complexity index is 748. The summed E-state index contributed by atoms with van der Waals surface area (Å²) in [5.74, 6) is -0.0428. The molecule has 0 bridgehead atoms. The molecule has 2 heterocycles. The summed E-state index contributed by atoms with van der Waals surface area (Å²) in [6.45, 7) is 0. The lowest BCUT2D eigenvalue weighted by Gasteiger charge is -2.09. The third kappa shape index (κ3) is 2.80. The Morgan fingerprint density at radius 2 is 1.96 bits per heavy atom. The summed E-state index contributed by atoms with van der Waals surface area (Å²) >= 11 is 0. The van der Waals surface area contributed by atoms with Gasteiger partial charge in [-0.2, -0.15) is 5.10 Å².